The molecular formula is C24H22N2O6S. The van der Waals surface area contributed by atoms with E-state index in [0.717, 1.165) is 0 Å². The number of sulfonamides is 1. The smallest absolute Gasteiger partial charge is 0.338 e. The lowest BCUT2D eigenvalue weighted by atomic mass is 10.2. The van der Waals surface area contributed by atoms with Crippen LogP contribution in [0, 0.1) is 0 Å². The van der Waals surface area contributed by atoms with Crippen molar-refractivity contribution in [1.29, 1.82) is 0 Å². The van der Waals surface area contributed by atoms with Crippen LogP contribution < -0.4 is 9.62 Å². The Kier molecular flexibility index (Phi) is 7.57. The summed E-state index contributed by atoms with van der Waals surface area (Å²) in [7, 11) is -3.94. The molecule has 3 rings (SSSR count). The number of para-hydroxylation sites is 1. The van der Waals surface area contributed by atoms with Gasteiger partial charge in [-0.15, -0.1) is 0 Å². The van der Waals surface area contributed by atoms with Gasteiger partial charge < -0.3 is 4.74 Å². The number of anilines is 1. The van der Waals surface area contributed by atoms with Gasteiger partial charge in [0.1, 0.15) is 0 Å². The van der Waals surface area contributed by atoms with Crippen molar-refractivity contribution in [2.45, 2.75) is 11.8 Å². The number of rotatable bonds is 8. The highest BCUT2D eigenvalue weighted by Crippen LogP contribution is 2.24. The first kappa shape index (κ1) is 23.7. The Hall–Kier alpha value is -3.98. The lowest BCUT2D eigenvalue weighted by Crippen LogP contribution is -2.34. The second kappa shape index (κ2) is 10.6. The molecule has 170 valence electrons. The topological polar surface area (TPSA) is 110 Å². The van der Waals surface area contributed by atoms with Gasteiger partial charge in [0.05, 0.1) is 16.1 Å². The number of hydrogen-bond acceptors (Lipinski definition) is 6. The highest BCUT2D eigenvalue weighted by Gasteiger charge is 2.25. The molecule has 2 amide bonds. The second-order valence-corrected chi connectivity index (χ2v) is 8.71. The summed E-state index contributed by atoms with van der Waals surface area (Å²) in [5.41, 5.74) is 0.740. The zero-order valence-corrected chi connectivity index (χ0v) is 18.6. The SMILES string of the molecule is CCN(c1ccccc1)S(=O)(=O)c1cccc(C(=O)OCC(=O)NC(=O)c2ccccc2)c1. The summed E-state index contributed by atoms with van der Waals surface area (Å²) in [4.78, 5) is 36.3. The van der Waals surface area contributed by atoms with Gasteiger partial charge in [-0.2, -0.15) is 0 Å². The summed E-state index contributed by atoms with van der Waals surface area (Å²) in [5, 5.41) is 2.12. The molecule has 0 saturated carbocycles. The molecule has 33 heavy (non-hydrogen) atoms. The molecule has 0 aliphatic carbocycles. The van der Waals surface area contributed by atoms with Crippen molar-refractivity contribution in [3.05, 3.63) is 96.1 Å². The van der Waals surface area contributed by atoms with Crippen LogP contribution in [-0.2, 0) is 19.6 Å². The van der Waals surface area contributed by atoms with E-state index in [1.165, 1.54) is 40.7 Å². The molecule has 0 aromatic heterocycles. The minimum Gasteiger partial charge on any atom is -0.452 e. The molecule has 1 N–H and O–H groups in total. The van der Waals surface area contributed by atoms with E-state index in [1.54, 1.807) is 55.5 Å². The van der Waals surface area contributed by atoms with E-state index < -0.39 is 34.4 Å². The summed E-state index contributed by atoms with van der Waals surface area (Å²) < 4.78 is 32.4. The van der Waals surface area contributed by atoms with Crippen LogP contribution in [0.1, 0.15) is 27.6 Å². The van der Waals surface area contributed by atoms with Crippen LogP contribution in [0.3, 0.4) is 0 Å². The highest BCUT2D eigenvalue weighted by molar-refractivity contribution is 7.92. The van der Waals surface area contributed by atoms with Crippen LogP contribution in [0.5, 0.6) is 0 Å². The lowest BCUT2D eigenvalue weighted by molar-refractivity contribution is -0.123. The van der Waals surface area contributed by atoms with Gasteiger partial charge in [0.2, 0.25) is 0 Å². The Balaban J connectivity index is 1.68. The number of hydrogen-bond donors (Lipinski definition) is 1. The molecule has 0 saturated heterocycles. The number of benzene rings is 3. The standard InChI is InChI=1S/C24H22N2O6S/c1-2-26(20-13-7-4-8-14-20)33(30,31)21-15-9-12-19(16-21)24(29)32-17-22(27)25-23(28)18-10-5-3-6-11-18/h3-16H,2,17H2,1H3,(H,25,27,28). The molecule has 0 fully saturated rings. The minimum absolute atomic E-state index is 0.0395. The van der Waals surface area contributed by atoms with E-state index in [2.05, 4.69) is 5.32 Å². The number of ether oxygens (including phenoxy) is 1. The number of carbonyl (C=O) groups excluding carboxylic acids is 3. The molecule has 0 spiro atoms. The van der Waals surface area contributed by atoms with Crippen molar-refractivity contribution in [3.63, 3.8) is 0 Å². The van der Waals surface area contributed by atoms with Crippen molar-refractivity contribution < 1.29 is 27.5 Å². The molecule has 0 heterocycles. The fraction of sp³-hybridized carbons (Fsp3) is 0.125. The first-order valence-electron chi connectivity index (χ1n) is 10.1. The van der Waals surface area contributed by atoms with Crippen molar-refractivity contribution in [3.8, 4) is 0 Å². The minimum atomic E-state index is -3.94. The number of imide groups is 1. The summed E-state index contributed by atoms with van der Waals surface area (Å²) in [6, 6.07) is 22.1. The van der Waals surface area contributed by atoms with E-state index in [-0.39, 0.29) is 22.6 Å². The molecule has 3 aromatic rings. The Bertz CT molecular complexity index is 1240. The normalized spacial score (nSPS) is 10.8. The molecular weight excluding hydrogens is 444 g/mol. The van der Waals surface area contributed by atoms with Crippen LogP contribution in [0.4, 0.5) is 5.69 Å². The van der Waals surface area contributed by atoms with Crippen LogP contribution in [0.25, 0.3) is 0 Å². The van der Waals surface area contributed by atoms with Crippen LogP contribution in [0.15, 0.2) is 89.8 Å². The number of esters is 1. The van der Waals surface area contributed by atoms with E-state index in [0.29, 0.717) is 5.69 Å². The zero-order chi connectivity index (χ0) is 23.8. The second-order valence-electron chi connectivity index (χ2n) is 6.85. The zero-order valence-electron chi connectivity index (χ0n) is 17.8. The maximum absolute atomic E-state index is 13.1. The van der Waals surface area contributed by atoms with Gasteiger partial charge in [0, 0.05) is 12.1 Å². The van der Waals surface area contributed by atoms with E-state index >= 15 is 0 Å². The van der Waals surface area contributed by atoms with E-state index in [4.69, 9.17) is 4.74 Å². The van der Waals surface area contributed by atoms with Gasteiger partial charge >= 0.3 is 5.97 Å². The molecule has 0 bridgehead atoms. The molecule has 0 aliphatic heterocycles. The third kappa shape index (κ3) is 5.83. The first-order chi connectivity index (χ1) is 15.8. The number of nitrogens with one attached hydrogen (secondary N) is 1. The van der Waals surface area contributed by atoms with E-state index in [9.17, 15) is 22.8 Å². The van der Waals surface area contributed by atoms with Crippen LogP contribution >= 0.6 is 0 Å². The first-order valence-corrected chi connectivity index (χ1v) is 11.5. The van der Waals surface area contributed by atoms with Crippen LogP contribution in [-0.4, -0.2) is 39.4 Å². The summed E-state index contributed by atoms with van der Waals surface area (Å²) in [5.74, 6) is -2.32. The van der Waals surface area contributed by atoms with Crippen molar-refractivity contribution in [1.82, 2.24) is 5.32 Å². The Labute approximate surface area is 191 Å². The van der Waals surface area contributed by atoms with Crippen molar-refractivity contribution in [2.24, 2.45) is 0 Å². The summed E-state index contributed by atoms with van der Waals surface area (Å²) >= 11 is 0. The maximum atomic E-state index is 13.1. The molecule has 0 aliphatic rings. The van der Waals surface area contributed by atoms with Gasteiger partial charge in [-0.1, -0.05) is 42.5 Å². The number of amides is 2. The monoisotopic (exact) mass is 466 g/mol. The average Bonchev–Trinajstić information content (AvgIpc) is 2.84. The van der Waals surface area contributed by atoms with Crippen molar-refractivity contribution >= 4 is 33.5 Å². The predicted octanol–water partition coefficient (Wildman–Crippen LogP) is 3.02. The van der Waals surface area contributed by atoms with Crippen molar-refractivity contribution in [2.75, 3.05) is 17.5 Å². The molecule has 0 atom stereocenters. The third-order valence-electron chi connectivity index (χ3n) is 4.61. The number of nitrogens with zero attached hydrogens (tertiary/aromatic N) is 1. The molecule has 9 heteroatoms. The van der Waals surface area contributed by atoms with Gasteiger partial charge in [0.15, 0.2) is 6.61 Å². The third-order valence-corrected chi connectivity index (χ3v) is 6.51. The van der Waals surface area contributed by atoms with Crippen LogP contribution in [0.2, 0.25) is 0 Å². The van der Waals surface area contributed by atoms with Gasteiger partial charge in [-0.25, -0.2) is 13.2 Å². The highest BCUT2D eigenvalue weighted by atomic mass is 32.2. The molecule has 0 radical (unpaired) electrons. The largest absolute Gasteiger partial charge is 0.452 e. The van der Waals surface area contributed by atoms with Gasteiger partial charge in [-0.3, -0.25) is 19.2 Å². The molecule has 3 aromatic carbocycles. The maximum Gasteiger partial charge on any atom is 0.338 e. The Morgan fingerprint density at radius 3 is 2.09 bits per heavy atom. The molecule has 0 unspecified atom stereocenters. The quantitative estimate of drug-likeness (QED) is 0.511. The summed E-state index contributed by atoms with van der Waals surface area (Å²) in [6.45, 7) is 1.20. The molecule has 8 nitrogen and oxygen atoms in total. The van der Waals surface area contributed by atoms with E-state index in [1.807, 2.05) is 0 Å². The van der Waals surface area contributed by atoms with Gasteiger partial charge in [-0.05, 0) is 49.4 Å². The Morgan fingerprint density at radius 2 is 1.45 bits per heavy atom. The average molecular weight is 467 g/mol. The fourth-order valence-electron chi connectivity index (χ4n) is 3.04. The van der Waals surface area contributed by atoms with Gasteiger partial charge in [0.25, 0.3) is 21.8 Å². The summed E-state index contributed by atoms with van der Waals surface area (Å²) in [6.07, 6.45) is 0. The fourth-order valence-corrected chi connectivity index (χ4v) is 4.56. The number of carbonyl (C=O) groups is 3. The lowest BCUT2D eigenvalue weighted by Gasteiger charge is -2.23. The predicted molar refractivity (Wildman–Crippen MR) is 122 cm³/mol. The Morgan fingerprint density at radius 1 is 0.848 bits per heavy atom.